The number of halogens is 1. The number of anilines is 1. The van der Waals surface area contributed by atoms with Crippen LogP contribution in [0.25, 0.3) is 0 Å². The summed E-state index contributed by atoms with van der Waals surface area (Å²) in [5.74, 6) is 0.311. The van der Waals surface area contributed by atoms with Crippen molar-refractivity contribution in [1.29, 1.82) is 0 Å². The molecule has 0 radical (unpaired) electrons. The van der Waals surface area contributed by atoms with Crippen LogP contribution in [0.4, 0.5) is 5.69 Å². The molecule has 2 aromatic rings. The number of benzene rings is 2. The van der Waals surface area contributed by atoms with E-state index in [1.807, 2.05) is 13.8 Å². The lowest BCUT2D eigenvalue weighted by Crippen LogP contribution is -2.30. The van der Waals surface area contributed by atoms with Crippen molar-refractivity contribution < 1.29 is 19.1 Å². The Hall–Kier alpha value is -2.57. The van der Waals surface area contributed by atoms with Crippen LogP contribution in [0.15, 0.2) is 42.5 Å². The molecule has 0 saturated carbocycles. The van der Waals surface area contributed by atoms with Crippen molar-refractivity contribution in [2.75, 3.05) is 31.6 Å². The molecule has 30 heavy (non-hydrogen) atoms. The number of hydrogen-bond donors (Lipinski definition) is 1. The lowest BCUT2D eigenvalue weighted by molar-refractivity contribution is 0.0679. The Morgan fingerprint density at radius 2 is 1.90 bits per heavy atom. The predicted molar refractivity (Wildman–Crippen MR) is 118 cm³/mol. The molecule has 0 aliphatic carbocycles. The van der Waals surface area contributed by atoms with Gasteiger partial charge < -0.3 is 19.7 Å². The normalized spacial score (nSPS) is 15.6. The predicted octanol–water partition coefficient (Wildman–Crippen LogP) is 4.63. The maximum absolute atomic E-state index is 12.5. The molecule has 1 atom stereocenters. The molecule has 1 heterocycles. The van der Waals surface area contributed by atoms with E-state index in [9.17, 15) is 9.59 Å². The first kappa shape index (κ1) is 22.1. The average molecular weight is 431 g/mol. The molecule has 1 aliphatic rings. The maximum atomic E-state index is 12.5. The van der Waals surface area contributed by atoms with Gasteiger partial charge in [0, 0.05) is 30.9 Å². The van der Waals surface area contributed by atoms with Gasteiger partial charge in [0.25, 0.3) is 11.8 Å². The van der Waals surface area contributed by atoms with Gasteiger partial charge in [-0.1, -0.05) is 11.6 Å². The van der Waals surface area contributed by atoms with Crippen molar-refractivity contribution in [3.05, 3.63) is 58.6 Å². The molecule has 0 spiro atoms. The van der Waals surface area contributed by atoms with E-state index in [0.29, 0.717) is 47.3 Å². The van der Waals surface area contributed by atoms with Gasteiger partial charge in [-0.2, -0.15) is 0 Å². The first-order valence-electron chi connectivity index (χ1n) is 10.3. The van der Waals surface area contributed by atoms with E-state index >= 15 is 0 Å². The second kappa shape index (κ2) is 10.5. The molecule has 1 N–H and O–H groups in total. The van der Waals surface area contributed by atoms with Gasteiger partial charge in [0.05, 0.1) is 16.7 Å². The summed E-state index contributed by atoms with van der Waals surface area (Å²) >= 11 is 6.30. The van der Waals surface area contributed by atoms with Crippen molar-refractivity contribution in [3.8, 4) is 5.75 Å². The molecular weight excluding hydrogens is 404 g/mol. The molecule has 0 aromatic heterocycles. The highest BCUT2D eigenvalue weighted by Gasteiger charge is 2.18. The number of rotatable bonds is 8. The summed E-state index contributed by atoms with van der Waals surface area (Å²) in [7, 11) is 0. The van der Waals surface area contributed by atoms with Gasteiger partial charge in [0.15, 0.2) is 0 Å². The minimum atomic E-state index is -0.264. The fraction of sp³-hybridized carbons (Fsp3) is 0.391. The minimum Gasteiger partial charge on any atom is -0.491 e. The second-order valence-corrected chi connectivity index (χ2v) is 7.50. The van der Waals surface area contributed by atoms with E-state index in [0.717, 1.165) is 19.4 Å². The molecule has 1 aliphatic heterocycles. The quantitative estimate of drug-likeness (QED) is 0.662. The fourth-order valence-corrected chi connectivity index (χ4v) is 3.58. The number of carbonyl (C=O) groups is 2. The van der Waals surface area contributed by atoms with E-state index in [2.05, 4.69) is 5.32 Å². The highest BCUT2D eigenvalue weighted by atomic mass is 35.5. The molecule has 2 amide bonds. The molecule has 1 fully saturated rings. The van der Waals surface area contributed by atoms with Crippen LogP contribution in [-0.4, -0.2) is 49.1 Å². The Morgan fingerprint density at radius 3 is 2.50 bits per heavy atom. The zero-order chi connectivity index (χ0) is 21.5. The molecule has 1 saturated heterocycles. The van der Waals surface area contributed by atoms with Crippen molar-refractivity contribution in [2.24, 2.45) is 0 Å². The summed E-state index contributed by atoms with van der Waals surface area (Å²) in [6, 6.07) is 11.9. The minimum absolute atomic E-state index is 0.124. The molecule has 3 rings (SSSR count). The van der Waals surface area contributed by atoms with Crippen LogP contribution in [0.1, 0.15) is 47.4 Å². The van der Waals surface area contributed by atoms with Crippen LogP contribution in [0.2, 0.25) is 5.02 Å². The number of amides is 2. The summed E-state index contributed by atoms with van der Waals surface area (Å²) < 4.78 is 11.3. The zero-order valence-corrected chi connectivity index (χ0v) is 18.1. The van der Waals surface area contributed by atoms with Crippen LogP contribution in [0.3, 0.4) is 0 Å². The van der Waals surface area contributed by atoms with Crippen LogP contribution in [0.5, 0.6) is 5.75 Å². The topological polar surface area (TPSA) is 67.9 Å². The highest BCUT2D eigenvalue weighted by Crippen LogP contribution is 2.23. The smallest absolute Gasteiger partial charge is 0.255 e. The second-order valence-electron chi connectivity index (χ2n) is 7.10. The molecule has 2 aromatic carbocycles. The van der Waals surface area contributed by atoms with E-state index < -0.39 is 0 Å². The van der Waals surface area contributed by atoms with Crippen molar-refractivity contribution in [3.63, 3.8) is 0 Å². The monoisotopic (exact) mass is 430 g/mol. The number of nitrogens with zero attached hydrogens (tertiary/aromatic N) is 1. The average Bonchev–Trinajstić information content (AvgIpc) is 3.27. The molecule has 0 bridgehead atoms. The van der Waals surface area contributed by atoms with Gasteiger partial charge in [-0.3, -0.25) is 9.59 Å². The van der Waals surface area contributed by atoms with Gasteiger partial charge in [0.1, 0.15) is 12.4 Å². The third kappa shape index (κ3) is 5.52. The summed E-state index contributed by atoms with van der Waals surface area (Å²) in [4.78, 5) is 26.7. The van der Waals surface area contributed by atoms with Gasteiger partial charge in [-0.25, -0.2) is 0 Å². The van der Waals surface area contributed by atoms with Gasteiger partial charge >= 0.3 is 0 Å². The van der Waals surface area contributed by atoms with Crippen molar-refractivity contribution in [1.82, 2.24) is 4.90 Å². The van der Waals surface area contributed by atoms with Gasteiger partial charge in [0.2, 0.25) is 0 Å². The van der Waals surface area contributed by atoms with Crippen LogP contribution in [0, 0.1) is 0 Å². The number of hydrogen-bond acceptors (Lipinski definition) is 4. The van der Waals surface area contributed by atoms with Crippen LogP contribution < -0.4 is 10.1 Å². The van der Waals surface area contributed by atoms with E-state index in [4.69, 9.17) is 21.1 Å². The SMILES string of the molecule is CCN(CC)C(=O)c1ccc(NC(=O)c2ccc(OCC3CCCO3)cc2)cc1Cl. The van der Waals surface area contributed by atoms with Gasteiger partial charge in [-0.05, 0) is 69.2 Å². The Bertz CT molecular complexity index is 875. The largest absolute Gasteiger partial charge is 0.491 e. The van der Waals surface area contributed by atoms with E-state index in [1.165, 1.54) is 0 Å². The first-order valence-corrected chi connectivity index (χ1v) is 10.6. The van der Waals surface area contributed by atoms with Crippen LogP contribution in [-0.2, 0) is 4.74 Å². The lowest BCUT2D eigenvalue weighted by Gasteiger charge is -2.19. The van der Waals surface area contributed by atoms with Crippen LogP contribution >= 0.6 is 11.6 Å². The summed E-state index contributed by atoms with van der Waals surface area (Å²) in [6.45, 7) is 6.37. The van der Waals surface area contributed by atoms with Gasteiger partial charge in [-0.15, -0.1) is 0 Å². The standard InChI is InChI=1S/C23H27ClN2O4/c1-3-26(4-2)23(28)20-12-9-17(14-21(20)24)25-22(27)16-7-10-18(11-8-16)30-15-19-6-5-13-29-19/h7-12,14,19H,3-6,13,15H2,1-2H3,(H,25,27). The first-order chi connectivity index (χ1) is 14.5. The highest BCUT2D eigenvalue weighted by molar-refractivity contribution is 6.34. The third-order valence-corrected chi connectivity index (χ3v) is 5.40. The Morgan fingerprint density at radius 1 is 1.17 bits per heavy atom. The number of ether oxygens (including phenoxy) is 2. The van der Waals surface area contributed by atoms with Crippen molar-refractivity contribution in [2.45, 2.75) is 32.8 Å². The number of carbonyl (C=O) groups excluding carboxylic acids is 2. The fourth-order valence-electron chi connectivity index (χ4n) is 3.32. The Kier molecular flexibility index (Phi) is 7.71. The molecule has 7 heteroatoms. The van der Waals surface area contributed by atoms with Crippen molar-refractivity contribution >= 4 is 29.1 Å². The van der Waals surface area contributed by atoms with E-state index in [1.54, 1.807) is 47.4 Å². The lowest BCUT2D eigenvalue weighted by atomic mass is 10.1. The molecule has 6 nitrogen and oxygen atoms in total. The number of nitrogens with one attached hydrogen (secondary N) is 1. The summed E-state index contributed by atoms with van der Waals surface area (Å²) in [5.41, 5.74) is 1.45. The maximum Gasteiger partial charge on any atom is 0.255 e. The Labute approximate surface area is 182 Å². The van der Waals surface area contributed by atoms with E-state index in [-0.39, 0.29) is 17.9 Å². The summed E-state index contributed by atoms with van der Waals surface area (Å²) in [5, 5.41) is 3.12. The summed E-state index contributed by atoms with van der Waals surface area (Å²) in [6.07, 6.45) is 2.23. The Balaban J connectivity index is 1.59. The molecule has 160 valence electrons. The third-order valence-electron chi connectivity index (χ3n) is 5.08. The molecule has 1 unspecified atom stereocenters. The zero-order valence-electron chi connectivity index (χ0n) is 17.3. The molecular formula is C23H27ClN2O4.